The van der Waals surface area contributed by atoms with Crippen molar-refractivity contribution < 1.29 is 0 Å². The van der Waals surface area contributed by atoms with Gasteiger partial charge in [-0.25, -0.2) is 0 Å². The van der Waals surface area contributed by atoms with E-state index in [0.717, 1.165) is 13.1 Å². The lowest BCUT2D eigenvalue weighted by molar-refractivity contribution is 0.276. The van der Waals surface area contributed by atoms with Gasteiger partial charge in [0.2, 0.25) is 0 Å². The van der Waals surface area contributed by atoms with Crippen molar-refractivity contribution >= 4 is 5.69 Å². The molecule has 0 aliphatic carbocycles. The Kier molecular flexibility index (Phi) is 3.32. The molecule has 0 bridgehead atoms. The maximum atomic E-state index is 3.47. The summed E-state index contributed by atoms with van der Waals surface area (Å²) in [5.41, 5.74) is 4.49. The second-order valence-corrected chi connectivity index (χ2v) is 5.31. The number of nitrogens with one attached hydrogen (secondary N) is 1. The lowest BCUT2D eigenvalue weighted by Crippen LogP contribution is -2.24. The van der Waals surface area contributed by atoms with Crippen molar-refractivity contribution in [3.8, 4) is 0 Å². The molecule has 2 heterocycles. The molecule has 0 amide bonds. The Morgan fingerprint density at radius 3 is 2.71 bits per heavy atom. The van der Waals surface area contributed by atoms with E-state index in [-0.39, 0.29) is 0 Å². The zero-order valence-electron chi connectivity index (χ0n) is 10.5. The van der Waals surface area contributed by atoms with E-state index in [1.54, 1.807) is 11.1 Å². The molecule has 17 heavy (non-hydrogen) atoms. The fourth-order valence-corrected chi connectivity index (χ4v) is 3.10. The van der Waals surface area contributed by atoms with Crippen LogP contribution in [0.1, 0.15) is 36.8 Å². The number of rotatable bonds is 2. The molecule has 92 valence electrons. The Morgan fingerprint density at radius 2 is 1.88 bits per heavy atom. The maximum Gasteiger partial charge on any atom is 0.0376 e. The van der Waals surface area contributed by atoms with Gasteiger partial charge in [0, 0.05) is 18.8 Å². The van der Waals surface area contributed by atoms with E-state index in [9.17, 15) is 0 Å². The van der Waals surface area contributed by atoms with E-state index in [1.165, 1.54) is 50.9 Å². The summed E-state index contributed by atoms with van der Waals surface area (Å²) in [6.45, 7) is 4.85. The maximum absolute atomic E-state index is 3.47. The van der Waals surface area contributed by atoms with Gasteiger partial charge in [0.05, 0.1) is 0 Å². The van der Waals surface area contributed by atoms with Gasteiger partial charge in [-0.3, -0.25) is 4.90 Å². The number of nitrogens with zero attached hydrogens (tertiary/aromatic N) is 1. The third-order valence-corrected chi connectivity index (χ3v) is 4.06. The van der Waals surface area contributed by atoms with Gasteiger partial charge in [-0.2, -0.15) is 0 Å². The SMILES string of the molecule is c1cc(CN2CCCCCC2)c2c(c1)NCC2. The fourth-order valence-electron chi connectivity index (χ4n) is 3.10. The molecule has 2 heteroatoms. The summed E-state index contributed by atoms with van der Waals surface area (Å²) in [6, 6.07) is 6.73. The van der Waals surface area contributed by atoms with Gasteiger partial charge in [0.15, 0.2) is 0 Å². The molecule has 0 aromatic heterocycles. The molecule has 1 aromatic rings. The van der Waals surface area contributed by atoms with E-state index in [0.29, 0.717) is 0 Å². The Labute approximate surface area is 104 Å². The summed E-state index contributed by atoms with van der Waals surface area (Å²) >= 11 is 0. The molecule has 1 saturated heterocycles. The van der Waals surface area contributed by atoms with Crippen LogP contribution in [0.3, 0.4) is 0 Å². The minimum atomic E-state index is 1.12. The van der Waals surface area contributed by atoms with E-state index in [1.807, 2.05) is 0 Å². The minimum Gasteiger partial charge on any atom is -0.384 e. The van der Waals surface area contributed by atoms with Crippen LogP contribution in [-0.2, 0) is 13.0 Å². The average Bonchev–Trinajstić information content (AvgIpc) is 2.69. The Balaban J connectivity index is 1.74. The number of benzene rings is 1. The van der Waals surface area contributed by atoms with E-state index in [2.05, 4.69) is 28.4 Å². The minimum absolute atomic E-state index is 1.12. The van der Waals surface area contributed by atoms with Crippen molar-refractivity contribution in [2.75, 3.05) is 25.0 Å². The van der Waals surface area contributed by atoms with Crippen LogP contribution in [0.25, 0.3) is 0 Å². The Hall–Kier alpha value is -1.02. The van der Waals surface area contributed by atoms with Crippen molar-refractivity contribution in [2.45, 2.75) is 38.6 Å². The number of hydrogen-bond donors (Lipinski definition) is 1. The summed E-state index contributed by atoms with van der Waals surface area (Å²) in [4.78, 5) is 2.64. The summed E-state index contributed by atoms with van der Waals surface area (Å²) in [5.74, 6) is 0. The first-order chi connectivity index (χ1) is 8.43. The van der Waals surface area contributed by atoms with Crippen molar-refractivity contribution in [3.63, 3.8) is 0 Å². The monoisotopic (exact) mass is 230 g/mol. The number of anilines is 1. The van der Waals surface area contributed by atoms with Crippen LogP contribution in [-0.4, -0.2) is 24.5 Å². The first kappa shape index (κ1) is 11.1. The fraction of sp³-hybridized carbons (Fsp3) is 0.600. The molecule has 2 aliphatic rings. The molecule has 0 unspecified atom stereocenters. The second-order valence-electron chi connectivity index (χ2n) is 5.31. The van der Waals surface area contributed by atoms with Gasteiger partial charge in [0.25, 0.3) is 0 Å². The number of fused-ring (bicyclic) bond motifs is 1. The smallest absolute Gasteiger partial charge is 0.0376 e. The van der Waals surface area contributed by atoms with Gasteiger partial charge in [-0.05, 0) is 49.5 Å². The summed E-state index contributed by atoms with van der Waals surface area (Å²) in [5, 5.41) is 3.47. The molecule has 2 aliphatic heterocycles. The number of hydrogen-bond acceptors (Lipinski definition) is 2. The molecule has 0 atom stereocenters. The van der Waals surface area contributed by atoms with Crippen LogP contribution < -0.4 is 5.32 Å². The molecular weight excluding hydrogens is 208 g/mol. The highest BCUT2D eigenvalue weighted by Crippen LogP contribution is 2.26. The van der Waals surface area contributed by atoms with Crippen LogP contribution >= 0.6 is 0 Å². The topological polar surface area (TPSA) is 15.3 Å². The molecular formula is C15H22N2. The van der Waals surface area contributed by atoms with Crippen molar-refractivity contribution in [2.24, 2.45) is 0 Å². The van der Waals surface area contributed by atoms with E-state index >= 15 is 0 Å². The highest BCUT2D eigenvalue weighted by molar-refractivity contribution is 5.58. The van der Waals surface area contributed by atoms with Gasteiger partial charge in [-0.15, -0.1) is 0 Å². The molecule has 0 radical (unpaired) electrons. The van der Waals surface area contributed by atoms with Crippen LogP contribution in [0.2, 0.25) is 0 Å². The molecule has 1 N–H and O–H groups in total. The van der Waals surface area contributed by atoms with Gasteiger partial charge < -0.3 is 5.32 Å². The molecule has 1 aromatic carbocycles. The standard InChI is InChI=1S/C15H22N2/c1-2-4-11-17(10-3-1)12-13-6-5-7-15-14(13)8-9-16-15/h5-7,16H,1-4,8-12H2. The third kappa shape index (κ3) is 2.47. The van der Waals surface area contributed by atoms with E-state index < -0.39 is 0 Å². The lowest BCUT2D eigenvalue weighted by atomic mass is 10.0. The lowest BCUT2D eigenvalue weighted by Gasteiger charge is -2.21. The van der Waals surface area contributed by atoms with Crippen LogP contribution in [0.5, 0.6) is 0 Å². The highest BCUT2D eigenvalue weighted by atomic mass is 15.1. The van der Waals surface area contributed by atoms with E-state index in [4.69, 9.17) is 0 Å². The van der Waals surface area contributed by atoms with Gasteiger partial charge in [0.1, 0.15) is 0 Å². The Bertz CT molecular complexity index is 379. The Morgan fingerprint density at radius 1 is 1.06 bits per heavy atom. The first-order valence-electron chi connectivity index (χ1n) is 7.00. The molecule has 1 fully saturated rings. The normalized spacial score (nSPS) is 20.7. The quantitative estimate of drug-likeness (QED) is 0.840. The van der Waals surface area contributed by atoms with Crippen molar-refractivity contribution in [1.29, 1.82) is 0 Å². The van der Waals surface area contributed by atoms with Gasteiger partial charge >= 0.3 is 0 Å². The summed E-state index contributed by atoms with van der Waals surface area (Å²) < 4.78 is 0. The number of likely N-dealkylation sites (tertiary alicyclic amines) is 1. The van der Waals surface area contributed by atoms with Crippen molar-refractivity contribution in [1.82, 2.24) is 4.90 Å². The molecule has 0 spiro atoms. The molecule has 0 saturated carbocycles. The second kappa shape index (κ2) is 5.09. The highest BCUT2D eigenvalue weighted by Gasteiger charge is 2.16. The van der Waals surface area contributed by atoms with Gasteiger partial charge in [-0.1, -0.05) is 25.0 Å². The average molecular weight is 230 g/mol. The molecule has 2 nitrogen and oxygen atoms in total. The van der Waals surface area contributed by atoms with Crippen molar-refractivity contribution in [3.05, 3.63) is 29.3 Å². The molecule has 3 rings (SSSR count). The largest absolute Gasteiger partial charge is 0.384 e. The van der Waals surface area contributed by atoms with Crippen LogP contribution in [0.15, 0.2) is 18.2 Å². The predicted molar refractivity (Wildman–Crippen MR) is 72.4 cm³/mol. The zero-order valence-corrected chi connectivity index (χ0v) is 10.5. The summed E-state index contributed by atoms with van der Waals surface area (Å²) in [7, 11) is 0. The summed E-state index contributed by atoms with van der Waals surface area (Å²) in [6.07, 6.45) is 6.82. The zero-order chi connectivity index (χ0) is 11.5. The first-order valence-corrected chi connectivity index (χ1v) is 7.00. The predicted octanol–water partition coefficient (Wildman–Crippen LogP) is 3.03. The third-order valence-electron chi connectivity index (χ3n) is 4.06. The van der Waals surface area contributed by atoms with Crippen LogP contribution in [0.4, 0.5) is 5.69 Å². The van der Waals surface area contributed by atoms with Crippen LogP contribution in [0, 0.1) is 0 Å².